The van der Waals surface area contributed by atoms with E-state index in [2.05, 4.69) is 65.3 Å². The first-order valence-corrected chi connectivity index (χ1v) is 12.5. The van der Waals surface area contributed by atoms with Crippen LogP contribution < -0.4 is 10.1 Å². The fraction of sp³-hybridized carbons (Fsp3) is 0.258. The van der Waals surface area contributed by atoms with Gasteiger partial charge >= 0.3 is 0 Å². The lowest BCUT2D eigenvalue weighted by Crippen LogP contribution is -2.22. The number of amides is 1. The number of carbonyl (C=O) groups excluding carboxylic acids is 1. The van der Waals surface area contributed by atoms with E-state index in [0.717, 1.165) is 29.8 Å². The number of nitrogens with one attached hydrogen (secondary N) is 1. The van der Waals surface area contributed by atoms with Gasteiger partial charge < -0.3 is 14.6 Å². The van der Waals surface area contributed by atoms with Crippen LogP contribution in [-0.4, -0.2) is 17.1 Å². The first-order valence-electron chi connectivity index (χ1n) is 12.5. The number of rotatable bonds is 7. The number of hydrogen-bond acceptors (Lipinski definition) is 2. The summed E-state index contributed by atoms with van der Waals surface area (Å²) in [6.07, 6.45) is 3.40. The highest BCUT2D eigenvalue weighted by atomic mass is 16.5. The number of fused-ring (bicyclic) bond motifs is 1. The van der Waals surface area contributed by atoms with Crippen molar-refractivity contribution < 1.29 is 9.53 Å². The zero-order chi connectivity index (χ0) is 24.2. The van der Waals surface area contributed by atoms with Crippen molar-refractivity contribution in [2.24, 2.45) is 5.92 Å². The van der Waals surface area contributed by atoms with Gasteiger partial charge in [-0.05, 0) is 91.3 Å². The highest BCUT2D eigenvalue weighted by Gasteiger charge is 2.23. The van der Waals surface area contributed by atoms with E-state index in [1.807, 2.05) is 43.3 Å². The molecule has 1 atom stereocenters. The van der Waals surface area contributed by atoms with Gasteiger partial charge in [-0.25, -0.2) is 0 Å². The summed E-state index contributed by atoms with van der Waals surface area (Å²) in [5.41, 5.74) is 8.08. The van der Waals surface area contributed by atoms with Gasteiger partial charge in [-0.1, -0.05) is 49.4 Å². The van der Waals surface area contributed by atoms with Gasteiger partial charge in [0, 0.05) is 23.5 Å². The van der Waals surface area contributed by atoms with Crippen molar-refractivity contribution in [2.45, 2.75) is 39.7 Å². The summed E-state index contributed by atoms with van der Waals surface area (Å²) < 4.78 is 7.87. The Bertz CT molecular complexity index is 1290. The average Bonchev–Trinajstić information content (AvgIpc) is 3.27. The fourth-order valence-electron chi connectivity index (χ4n) is 4.94. The number of nitrogens with zero attached hydrogens (tertiary/aromatic N) is 1. The molecule has 4 heteroatoms. The molecule has 0 aliphatic heterocycles. The Hall–Kier alpha value is -3.79. The van der Waals surface area contributed by atoms with Crippen molar-refractivity contribution in [1.29, 1.82) is 0 Å². The molecule has 1 heterocycles. The SMILES string of the molecule is CCOc1ccc(CNC(=O)c2ccc(-n3c(-c4ccccc4)cc4c3CC[C@@H](C)C4)cc2)cc1. The van der Waals surface area contributed by atoms with Crippen LogP contribution in [0.3, 0.4) is 0 Å². The average molecular weight is 465 g/mol. The summed E-state index contributed by atoms with van der Waals surface area (Å²) in [5, 5.41) is 3.03. The van der Waals surface area contributed by atoms with Gasteiger partial charge in [0.25, 0.3) is 5.91 Å². The molecule has 0 radical (unpaired) electrons. The van der Waals surface area contributed by atoms with Crippen LogP contribution in [0.25, 0.3) is 16.9 Å². The molecular weight excluding hydrogens is 432 g/mol. The lowest BCUT2D eigenvalue weighted by atomic mass is 9.89. The molecule has 1 amide bonds. The fourth-order valence-corrected chi connectivity index (χ4v) is 4.94. The molecule has 0 unspecified atom stereocenters. The number of aromatic nitrogens is 1. The van der Waals surface area contributed by atoms with Crippen molar-refractivity contribution in [1.82, 2.24) is 9.88 Å². The van der Waals surface area contributed by atoms with Crippen LogP contribution >= 0.6 is 0 Å². The van der Waals surface area contributed by atoms with E-state index in [1.165, 1.54) is 28.9 Å². The van der Waals surface area contributed by atoms with E-state index in [1.54, 1.807) is 0 Å². The highest BCUT2D eigenvalue weighted by molar-refractivity contribution is 5.94. The second-order valence-electron chi connectivity index (χ2n) is 9.36. The summed E-state index contributed by atoms with van der Waals surface area (Å²) in [6.45, 7) is 5.43. The van der Waals surface area contributed by atoms with Gasteiger partial charge in [0.05, 0.1) is 12.3 Å². The standard InChI is InChI=1S/C31H32N2O2/c1-3-35-28-16-10-23(11-17-28)21-32-31(34)25-12-14-27(15-13-25)33-29-18-9-22(2)19-26(29)20-30(33)24-7-5-4-6-8-24/h4-8,10-17,20,22H,3,9,18-19,21H2,1-2H3,(H,32,34)/t22-/m1/s1. The van der Waals surface area contributed by atoms with Crippen LogP contribution in [-0.2, 0) is 19.4 Å². The number of ether oxygens (including phenoxy) is 1. The molecule has 178 valence electrons. The Balaban J connectivity index is 1.36. The van der Waals surface area contributed by atoms with Gasteiger partial charge in [0.2, 0.25) is 0 Å². The first kappa shape index (κ1) is 23.0. The van der Waals surface area contributed by atoms with Crippen LogP contribution in [0.2, 0.25) is 0 Å². The van der Waals surface area contributed by atoms with E-state index in [-0.39, 0.29) is 5.91 Å². The Labute approximate surface area is 207 Å². The predicted molar refractivity (Wildman–Crippen MR) is 141 cm³/mol. The molecule has 4 aromatic rings. The maximum absolute atomic E-state index is 12.8. The van der Waals surface area contributed by atoms with Gasteiger partial charge in [-0.3, -0.25) is 4.79 Å². The molecule has 1 aliphatic carbocycles. The molecule has 5 rings (SSSR count). The van der Waals surface area contributed by atoms with Crippen LogP contribution in [0.15, 0.2) is 84.9 Å². The first-order chi connectivity index (χ1) is 17.1. The summed E-state index contributed by atoms with van der Waals surface area (Å²) in [6, 6.07) is 28.7. The topological polar surface area (TPSA) is 43.3 Å². The van der Waals surface area contributed by atoms with Gasteiger partial charge in [-0.15, -0.1) is 0 Å². The molecule has 1 N–H and O–H groups in total. The van der Waals surface area contributed by atoms with Gasteiger partial charge in [0.1, 0.15) is 5.75 Å². The van der Waals surface area contributed by atoms with Crippen molar-refractivity contribution in [3.63, 3.8) is 0 Å². The molecule has 1 aliphatic rings. The third kappa shape index (κ3) is 5.02. The maximum atomic E-state index is 12.8. The summed E-state index contributed by atoms with van der Waals surface area (Å²) in [5.74, 6) is 1.48. The minimum absolute atomic E-state index is 0.0722. The van der Waals surface area contributed by atoms with E-state index in [0.29, 0.717) is 24.6 Å². The normalized spacial score (nSPS) is 14.9. The molecule has 35 heavy (non-hydrogen) atoms. The van der Waals surface area contributed by atoms with Crippen LogP contribution in [0, 0.1) is 5.92 Å². The lowest BCUT2D eigenvalue weighted by molar-refractivity contribution is 0.0951. The number of hydrogen-bond donors (Lipinski definition) is 1. The third-order valence-corrected chi connectivity index (χ3v) is 6.78. The molecule has 3 aromatic carbocycles. The Morgan fingerprint density at radius 2 is 1.74 bits per heavy atom. The summed E-state index contributed by atoms with van der Waals surface area (Å²) in [4.78, 5) is 12.8. The van der Waals surface area contributed by atoms with Crippen LogP contribution in [0.1, 0.15) is 47.4 Å². The third-order valence-electron chi connectivity index (χ3n) is 6.78. The van der Waals surface area contributed by atoms with Gasteiger partial charge in [-0.2, -0.15) is 0 Å². The number of benzene rings is 3. The highest BCUT2D eigenvalue weighted by Crippen LogP contribution is 2.35. The van der Waals surface area contributed by atoms with E-state index in [4.69, 9.17) is 4.74 Å². The predicted octanol–water partition coefficient (Wildman–Crippen LogP) is 6.60. The summed E-state index contributed by atoms with van der Waals surface area (Å²) in [7, 11) is 0. The quantitative estimate of drug-likeness (QED) is 0.335. The van der Waals surface area contributed by atoms with E-state index < -0.39 is 0 Å². The second-order valence-corrected chi connectivity index (χ2v) is 9.36. The Kier molecular flexibility index (Phi) is 6.71. The Morgan fingerprint density at radius 3 is 2.46 bits per heavy atom. The largest absolute Gasteiger partial charge is 0.494 e. The lowest BCUT2D eigenvalue weighted by Gasteiger charge is -2.21. The van der Waals surface area contributed by atoms with Crippen molar-refractivity contribution in [2.75, 3.05) is 6.61 Å². The maximum Gasteiger partial charge on any atom is 0.251 e. The smallest absolute Gasteiger partial charge is 0.251 e. The molecule has 0 saturated carbocycles. The van der Waals surface area contributed by atoms with E-state index in [9.17, 15) is 4.79 Å². The monoisotopic (exact) mass is 464 g/mol. The zero-order valence-corrected chi connectivity index (χ0v) is 20.5. The van der Waals surface area contributed by atoms with Crippen LogP contribution in [0.4, 0.5) is 0 Å². The van der Waals surface area contributed by atoms with Crippen molar-refractivity contribution >= 4 is 5.91 Å². The minimum Gasteiger partial charge on any atom is -0.494 e. The number of carbonyl (C=O) groups is 1. The zero-order valence-electron chi connectivity index (χ0n) is 20.5. The molecule has 4 nitrogen and oxygen atoms in total. The molecule has 0 saturated heterocycles. The Morgan fingerprint density at radius 1 is 1.00 bits per heavy atom. The van der Waals surface area contributed by atoms with Crippen LogP contribution in [0.5, 0.6) is 5.75 Å². The summed E-state index contributed by atoms with van der Waals surface area (Å²) >= 11 is 0. The van der Waals surface area contributed by atoms with E-state index >= 15 is 0 Å². The molecular formula is C31H32N2O2. The molecule has 1 aromatic heterocycles. The molecule has 0 bridgehead atoms. The van der Waals surface area contributed by atoms with Gasteiger partial charge in [0.15, 0.2) is 0 Å². The molecule has 0 spiro atoms. The minimum atomic E-state index is -0.0722. The molecule has 0 fully saturated rings. The van der Waals surface area contributed by atoms with Crippen molar-refractivity contribution in [3.05, 3.63) is 107 Å². The second kappa shape index (κ2) is 10.2. The van der Waals surface area contributed by atoms with Crippen molar-refractivity contribution in [3.8, 4) is 22.7 Å².